The number of amides is 1. The van der Waals surface area contributed by atoms with Crippen LogP contribution in [0, 0.1) is 18.6 Å². The van der Waals surface area contributed by atoms with Gasteiger partial charge in [-0.05, 0) is 48.9 Å². The molecule has 0 fully saturated rings. The first-order chi connectivity index (χ1) is 14.7. The third-order valence-electron chi connectivity index (χ3n) is 4.45. The Morgan fingerprint density at radius 3 is 2.26 bits per heavy atom. The highest BCUT2D eigenvalue weighted by atomic mass is 32.2. The number of ether oxygens (including phenoxy) is 1. The standard InChI is InChI=1S/C22H20F2N2O4S/c1-15-11-12-19(30-2)20(13-15)31(28,29)26(16-7-4-3-5-8-16)14-21(27)25-22-17(23)9-6-10-18(22)24/h3-13H,14H2,1-2H3,(H,25,27). The molecular formula is C22H20F2N2O4S. The van der Waals surface area contributed by atoms with Crippen molar-refractivity contribution in [2.45, 2.75) is 11.8 Å². The van der Waals surface area contributed by atoms with Gasteiger partial charge in [0.15, 0.2) is 0 Å². The Morgan fingerprint density at radius 2 is 1.65 bits per heavy atom. The average Bonchev–Trinajstić information content (AvgIpc) is 2.75. The van der Waals surface area contributed by atoms with Crippen LogP contribution in [-0.2, 0) is 14.8 Å². The number of aryl methyl sites for hydroxylation is 1. The molecule has 0 saturated carbocycles. The first kappa shape index (κ1) is 22.2. The number of methoxy groups -OCH3 is 1. The van der Waals surface area contributed by atoms with Gasteiger partial charge in [-0.3, -0.25) is 9.10 Å². The topological polar surface area (TPSA) is 75.7 Å². The molecule has 0 aromatic heterocycles. The van der Waals surface area contributed by atoms with Crippen molar-refractivity contribution in [2.24, 2.45) is 0 Å². The number of halogens is 2. The fourth-order valence-electron chi connectivity index (χ4n) is 2.94. The van der Waals surface area contributed by atoms with Crippen molar-refractivity contribution in [1.29, 1.82) is 0 Å². The molecule has 1 N–H and O–H groups in total. The second-order valence-electron chi connectivity index (χ2n) is 6.65. The summed E-state index contributed by atoms with van der Waals surface area (Å²) >= 11 is 0. The molecule has 31 heavy (non-hydrogen) atoms. The number of hydrogen-bond donors (Lipinski definition) is 1. The number of nitrogens with one attached hydrogen (secondary N) is 1. The summed E-state index contributed by atoms with van der Waals surface area (Å²) in [6.45, 7) is 1.01. The number of carbonyl (C=O) groups is 1. The minimum absolute atomic E-state index is 0.104. The molecule has 0 aliphatic heterocycles. The molecular weight excluding hydrogens is 426 g/mol. The van der Waals surface area contributed by atoms with Crippen LogP contribution in [0.15, 0.2) is 71.6 Å². The van der Waals surface area contributed by atoms with Crippen molar-refractivity contribution >= 4 is 27.3 Å². The summed E-state index contributed by atoms with van der Waals surface area (Å²) in [5.41, 5.74) is 0.228. The van der Waals surface area contributed by atoms with Crippen LogP contribution >= 0.6 is 0 Å². The fourth-order valence-corrected chi connectivity index (χ4v) is 4.60. The van der Waals surface area contributed by atoms with Gasteiger partial charge in [0.25, 0.3) is 10.0 Å². The van der Waals surface area contributed by atoms with Crippen molar-refractivity contribution < 1.29 is 26.7 Å². The molecule has 3 aromatic carbocycles. The van der Waals surface area contributed by atoms with Gasteiger partial charge in [-0.2, -0.15) is 0 Å². The zero-order valence-electron chi connectivity index (χ0n) is 16.8. The van der Waals surface area contributed by atoms with E-state index in [2.05, 4.69) is 5.32 Å². The Morgan fingerprint density at radius 1 is 1.00 bits per heavy atom. The lowest BCUT2D eigenvalue weighted by Gasteiger charge is -2.25. The molecule has 162 valence electrons. The summed E-state index contributed by atoms with van der Waals surface area (Å²) in [7, 11) is -2.93. The van der Waals surface area contributed by atoms with Crippen LogP contribution in [0.25, 0.3) is 0 Å². The summed E-state index contributed by atoms with van der Waals surface area (Å²) in [6, 6.07) is 15.7. The zero-order valence-corrected chi connectivity index (χ0v) is 17.6. The number of anilines is 2. The van der Waals surface area contributed by atoms with Crippen LogP contribution in [0.2, 0.25) is 0 Å². The van der Waals surface area contributed by atoms with E-state index in [1.807, 2.05) is 0 Å². The summed E-state index contributed by atoms with van der Waals surface area (Å²) in [6.07, 6.45) is 0. The first-order valence-electron chi connectivity index (χ1n) is 9.20. The van der Waals surface area contributed by atoms with Crippen LogP contribution in [0.3, 0.4) is 0 Å². The van der Waals surface area contributed by atoms with Crippen molar-refractivity contribution in [3.8, 4) is 5.75 Å². The molecule has 0 heterocycles. The molecule has 3 aromatic rings. The number of nitrogens with zero attached hydrogens (tertiary/aromatic N) is 1. The lowest BCUT2D eigenvalue weighted by Crippen LogP contribution is -2.38. The second-order valence-corrected chi connectivity index (χ2v) is 8.48. The molecule has 6 nitrogen and oxygen atoms in total. The van der Waals surface area contributed by atoms with Crippen LogP contribution < -0.4 is 14.4 Å². The lowest BCUT2D eigenvalue weighted by molar-refractivity contribution is -0.114. The van der Waals surface area contributed by atoms with Gasteiger partial charge in [0, 0.05) is 0 Å². The fraction of sp³-hybridized carbons (Fsp3) is 0.136. The number of hydrogen-bond acceptors (Lipinski definition) is 4. The van der Waals surface area contributed by atoms with Crippen molar-refractivity contribution in [2.75, 3.05) is 23.3 Å². The number of carbonyl (C=O) groups excluding carboxylic acids is 1. The van der Waals surface area contributed by atoms with Crippen LogP contribution in [0.4, 0.5) is 20.2 Å². The summed E-state index contributed by atoms with van der Waals surface area (Å²) < 4.78 is 60.9. The van der Waals surface area contributed by atoms with Gasteiger partial charge in [-0.25, -0.2) is 17.2 Å². The van der Waals surface area contributed by atoms with Gasteiger partial charge in [-0.1, -0.05) is 30.3 Å². The average molecular weight is 446 g/mol. The zero-order chi connectivity index (χ0) is 22.6. The lowest BCUT2D eigenvalue weighted by atomic mass is 10.2. The third-order valence-corrected chi connectivity index (χ3v) is 6.24. The van der Waals surface area contributed by atoms with Gasteiger partial charge < -0.3 is 10.1 Å². The number of sulfonamides is 1. The molecule has 0 spiro atoms. The van der Waals surface area contributed by atoms with Gasteiger partial charge in [-0.15, -0.1) is 0 Å². The van der Waals surface area contributed by atoms with E-state index < -0.39 is 39.8 Å². The van der Waals surface area contributed by atoms with Gasteiger partial charge in [0.2, 0.25) is 5.91 Å². The molecule has 0 aliphatic carbocycles. The van der Waals surface area contributed by atoms with E-state index in [0.717, 1.165) is 22.5 Å². The highest BCUT2D eigenvalue weighted by molar-refractivity contribution is 7.93. The van der Waals surface area contributed by atoms with Crippen molar-refractivity contribution in [3.63, 3.8) is 0 Å². The predicted molar refractivity (Wildman–Crippen MR) is 114 cm³/mol. The van der Waals surface area contributed by atoms with E-state index in [9.17, 15) is 22.0 Å². The van der Waals surface area contributed by atoms with Gasteiger partial charge in [0.05, 0.1) is 12.8 Å². The van der Waals surface area contributed by atoms with Gasteiger partial charge >= 0.3 is 0 Å². The second kappa shape index (κ2) is 9.13. The normalized spacial score (nSPS) is 11.1. The number of benzene rings is 3. The molecule has 0 radical (unpaired) electrons. The van der Waals surface area contributed by atoms with E-state index in [-0.39, 0.29) is 16.3 Å². The van der Waals surface area contributed by atoms with Crippen LogP contribution in [-0.4, -0.2) is 28.0 Å². The molecule has 0 atom stereocenters. The maximum absolute atomic E-state index is 13.9. The smallest absolute Gasteiger partial charge is 0.268 e. The molecule has 0 bridgehead atoms. The molecule has 9 heteroatoms. The molecule has 0 saturated heterocycles. The third kappa shape index (κ3) is 4.83. The Labute approximate surface area is 179 Å². The predicted octanol–water partition coefficient (Wildman–Crippen LogP) is 4.12. The highest BCUT2D eigenvalue weighted by Gasteiger charge is 2.30. The molecule has 1 amide bonds. The Hall–Kier alpha value is -3.46. The Bertz CT molecular complexity index is 1180. The van der Waals surface area contributed by atoms with Crippen LogP contribution in [0.1, 0.15) is 5.56 Å². The Balaban J connectivity index is 2.02. The SMILES string of the molecule is COc1ccc(C)cc1S(=O)(=O)N(CC(=O)Nc1c(F)cccc1F)c1ccccc1. The summed E-state index contributed by atoms with van der Waals surface area (Å²) in [5, 5.41) is 2.12. The quantitative estimate of drug-likeness (QED) is 0.593. The monoisotopic (exact) mass is 446 g/mol. The summed E-state index contributed by atoms with van der Waals surface area (Å²) in [5.74, 6) is -2.75. The number of rotatable bonds is 7. The summed E-state index contributed by atoms with van der Waals surface area (Å²) in [4.78, 5) is 12.5. The maximum Gasteiger partial charge on any atom is 0.268 e. The minimum atomic E-state index is -4.27. The minimum Gasteiger partial charge on any atom is -0.495 e. The van der Waals surface area contributed by atoms with E-state index in [4.69, 9.17) is 4.74 Å². The van der Waals surface area contributed by atoms with E-state index in [1.54, 1.807) is 31.2 Å². The van der Waals surface area contributed by atoms with Crippen LogP contribution in [0.5, 0.6) is 5.75 Å². The Kier molecular flexibility index (Phi) is 6.55. The first-order valence-corrected chi connectivity index (χ1v) is 10.6. The maximum atomic E-state index is 13.9. The van der Waals surface area contributed by atoms with Gasteiger partial charge in [0.1, 0.15) is 34.5 Å². The molecule has 3 rings (SSSR count). The van der Waals surface area contributed by atoms with E-state index in [1.165, 1.54) is 31.4 Å². The highest BCUT2D eigenvalue weighted by Crippen LogP contribution is 2.31. The molecule has 0 aliphatic rings. The largest absolute Gasteiger partial charge is 0.495 e. The van der Waals surface area contributed by atoms with Crippen molar-refractivity contribution in [3.05, 3.63) is 83.9 Å². The van der Waals surface area contributed by atoms with E-state index in [0.29, 0.717) is 5.56 Å². The number of para-hydroxylation sites is 2. The molecule has 0 unspecified atom stereocenters. The van der Waals surface area contributed by atoms with E-state index >= 15 is 0 Å². The van der Waals surface area contributed by atoms with Crippen molar-refractivity contribution in [1.82, 2.24) is 0 Å².